The first-order chi connectivity index (χ1) is 12.0. The van der Waals surface area contributed by atoms with Crippen LogP contribution in [-0.2, 0) is 17.9 Å². The van der Waals surface area contributed by atoms with Gasteiger partial charge in [-0.3, -0.25) is 9.69 Å². The third-order valence-corrected chi connectivity index (χ3v) is 4.94. The van der Waals surface area contributed by atoms with Gasteiger partial charge in [0.25, 0.3) is 0 Å². The molecule has 0 radical (unpaired) electrons. The number of likely N-dealkylation sites (tertiary alicyclic amines) is 1. The molecule has 1 saturated heterocycles. The third-order valence-electron chi connectivity index (χ3n) is 4.94. The summed E-state index contributed by atoms with van der Waals surface area (Å²) in [7, 11) is 2.10. The lowest BCUT2D eigenvalue weighted by Crippen LogP contribution is -2.33. The van der Waals surface area contributed by atoms with Gasteiger partial charge in [-0.25, -0.2) is 0 Å². The highest BCUT2D eigenvalue weighted by Crippen LogP contribution is 2.20. The molecule has 0 spiro atoms. The molecule has 1 aromatic heterocycles. The Labute approximate surface area is 149 Å². The summed E-state index contributed by atoms with van der Waals surface area (Å²) in [4.78, 5) is 16.8. The van der Waals surface area contributed by atoms with Crippen LogP contribution in [0.1, 0.15) is 41.8 Å². The standard InChI is InChI=1S/C20H27N3O2/c1-15-5-4-6-17(11-15)13-23-10-9-18(7-8-20(23)24)22(3)14-19-12-16(2)21-25-19/h4-6,11-12,18H,7-10,13-14H2,1-3H3. The predicted molar refractivity (Wildman–Crippen MR) is 96.9 cm³/mol. The molecule has 25 heavy (non-hydrogen) atoms. The summed E-state index contributed by atoms with van der Waals surface area (Å²) in [6.07, 6.45) is 2.49. The minimum absolute atomic E-state index is 0.257. The van der Waals surface area contributed by atoms with Crippen molar-refractivity contribution in [2.75, 3.05) is 13.6 Å². The lowest BCUT2D eigenvalue weighted by atomic mass is 10.1. The maximum atomic E-state index is 12.5. The first-order valence-electron chi connectivity index (χ1n) is 8.97. The van der Waals surface area contributed by atoms with Gasteiger partial charge in [0, 0.05) is 31.6 Å². The summed E-state index contributed by atoms with van der Waals surface area (Å²) in [6.45, 7) is 6.26. The van der Waals surface area contributed by atoms with E-state index in [9.17, 15) is 4.79 Å². The van der Waals surface area contributed by atoms with Gasteiger partial charge in [-0.15, -0.1) is 0 Å². The highest BCUT2D eigenvalue weighted by atomic mass is 16.5. The van der Waals surface area contributed by atoms with Crippen molar-refractivity contribution in [1.82, 2.24) is 15.0 Å². The van der Waals surface area contributed by atoms with E-state index in [1.54, 1.807) is 0 Å². The van der Waals surface area contributed by atoms with Gasteiger partial charge in [-0.2, -0.15) is 0 Å². The zero-order chi connectivity index (χ0) is 17.8. The molecule has 1 amide bonds. The quantitative estimate of drug-likeness (QED) is 0.837. The van der Waals surface area contributed by atoms with E-state index in [0.717, 1.165) is 37.4 Å². The second kappa shape index (κ2) is 7.83. The topological polar surface area (TPSA) is 49.6 Å². The Balaban J connectivity index is 1.59. The second-order valence-corrected chi connectivity index (χ2v) is 7.14. The molecule has 1 fully saturated rings. The fraction of sp³-hybridized carbons (Fsp3) is 0.500. The molecule has 0 bridgehead atoms. The minimum Gasteiger partial charge on any atom is -0.360 e. The Morgan fingerprint density at radius 1 is 1.28 bits per heavy atom. The number of aromatic nitrogens is 1. The minimum atomic E-state index is 0.257. The van der Waals surface area contributed by atoms with E-state index < -0.39 is 0 Å². The van der Waals surface area contributed by atoms with Crippen molar-refractivity contribution in [3.63, 3.8) is 0 Å². The van der Waals surface area contributed by atoms with Gasteiger partial charge in [0.2, 0.25) is 5.91 Å². The number of nitrogens with zero attached hydrogens (tertiary/aromatic N) is 3. The molecule has 0 N–H and O–H groups in total. The summed E-state index contributed by atoms with van der Waals surface area (Å²) < 4.78 is 5.32. The van der Waals surface area contributed by atoms with Gasteiger partial charge in [0.05, 0.1) is 12.2 Å². The third kappa shape index (κ3) is 4.69. The zero-order valence-electron chi connectivity index (χ0n) is 15.4. The van der Waals surface area contributed by atoms with Crippen LogP contribution < -0.4 is 0 Å². The van der Waals surface area contributed by atoms with Crippen LogP contribution in [0.25, 0.3) is 0 Å². The lowest BCUT2D eigenvalue weighted by molar-refractivity contribution is -0.131. The Morgan fingerprint density at radius 3 is 2.84 bits per heavy atom. The predicted octanol–water partition coefficient (Wildman–Crippen LogP) is 3.30. The number of rotatable bonds is 5. The number of hydrogen-bond donors (Lipinski definition) is 0. The average Bonchev–Trinajstić information content (AvgIpc) is 2.88. The van der Waals surface area contributed by atoms with Crippen LogP contribution in [0, 0.1) is 13.8 Å². The zero-order valence-corrected chi connectivity index (χ0v) is 15.4. The van der Waals surface area contributed by atoms with E-state index in [1.807, 2.05) is 17.9 Å². The Morgan fingerprint density at radius 2 is 2.12 bits per heavy atom. The van der Waals surface area contributed by atoms with Crippen LogP contribution >= 0.6 is 0 Å². The van der Waals surface area contributed by atoms with Crippen molar-refractivity contribution in [2.45, 2.75) is 52.2 Å². The monoisotopic (exact) mass is 341 g/mol. The number of aryl methyl sites for hydroxylation is 2. The molecule has 2 heterocycles. The number of carbonyl (C=O) groups excluding carboxylic acids is 1. The summed E-state index contributed by atoms with van der Waals surface area (Å²) in [5.41, 5.74) is 3.35. The van der Waals surface area contributed by atoms with E-state index in [0.29, 0.717) is 19.0 Å². The summed E-state index contributed by atoms with van der Waals surface area (Å²) >= 11 is 0. The molecule has 1 aliphatic heterocycles. The molecule has 0 aliphatic carbocycles. The summed E-state index contributed by atoms with van der Waals surface area (Å²) in [6, 6.07) is 10.8. The van der Waals surface area contributed by atoms with Crippen LogP contribution in [0.3, 0.4) is 0 Å². The van der Waals surface area contributed by atoms with E-state index in [-0.39, 0.29) is 5.91 Å². The number of carbonyl (C=O) groups is 1. The number of benzene rings is 1. The highest BCUT2D eigenvalue weighted by Gasteiger charge is 2.25. The van der Waals surface area contributed by atoms with Crippen molar-refractivity contribution in [3.05, 3.63) is 52.9 Å². The Bertz CT molecular complexity index is 725. The molecule has 134 valence electrons. The van der Waals surface area contributed by atoms with Gasteiger partial charge in [-0.05, 0) is 39.3 Å². The van der Waals surface area contributed by atoms with Gasteiger partial charge in [0.15, 0.2) is 5.76 Å². The van der Waals surface area contributed by atoms with Crippen molar-refractivity contribution in [2.24, 2.45) is 0 Å². The second-order valence-electron chi connectivity index (χ2n) is 7.14. The smallest absolute Gasteiger partial charge is 0.222 e. The average molecular weight is 341 g/mol. The van der Waals surface area contributed by atoms with Crippen molar-refractivity contribution < 1.29 is 9.32 Å². The molecule has 5 nitrogen and oxygen atoms in total. The molecule has 1 atom stereocenters. The number of hydrogen-bond acceptors (Lipinski definition) is 4. The molecule has 2 aromatic rings. The Hall–Kier alpha value is -2.14. The van der Waals surface area contributed by atoms with E-state index >= 15 is 0 Å². The van der Waals surface area contributed by atoms with Gasteiger partial charge in [-0.1, -0.05) is 35.0 Å². The normalized spacial score (nSPS) is 18.6. The van der Waals surface area contributed by atoms with Crippen LogP contribution in [0.5, 0.6) is 0 Å². The molecule has 1 aromatic carbocycles. The molecule has 3 rings (SSSR count). The maximum Gasteiger partial charge on any atom is 0.222 e. The van der Waals surface area contributed by atoms with Crippen LogP contribution in [0.15, 0.2) is 34.9 Å². The van der Waals surface area contributed by atoms with Gasteiger partial charge >= 0.3 is 0 Å². The van der Waals surface area contributed by atoms with Crippen molar-refractivity contribution >= 4 is 5.91 Å². The van der Waals surface area contributed by atoms with E-state index in [4.69, 9.17) is 4.52 Å². The highest BCUT2D eigenvalue weighted by molar-refractivity contribution is 5.76. The van der Waals surface area contributed by atoms with Crippen LogP contribution in [0.4, 0.5) is 0 Å². The van der Waals surface area contributed by atoms with Gasteiger partial charge < -0.3 is 9.42 Å². The van der Waals surface area contributed by atoms with Crippen molar-refractivity contribution in [3.8, 4) is 0 Å². The van der Waals surface area contributed by atoms with E-state index in [1.165, 1.54) is 11.1 Å². The first-order valence-corrected chi connectivity index (χ1v) is 8.97. The Kier molecular flexibility index (Phi) is 5.53. The SMILES string of the molecule is Cc1cccc(CN2CCC(N(C)Cc3cc(C)no3)CCC2=O)c1. The first kappa shape index (κ1) is 17.7. The fourth-order valence-electron chi connectivity index (χ4n) is 3.53. The maximum absolute atomic E-state index is 12.5. The fourth-order valence-corrected chi connectivity index (χ4v) is 3.53. The molecule has 0 saturated carbocycles. The molecular weight excluding hydrogens is 314 g/mol. The van der Waals surface area contributed by atoms with Crippen LogP contribution in [-0.4, -0.2) is 40.5 Å². The molecule has 1 unspecified atom stereocenters. The molecular formula is C20H27N3O2. The van der Waals surface area contributed by atoms with Gasteiger partial charge in [0.1, 0.15) is 0 Å². The largest absolute Gasteiger partial charge is 0.360 e. The molecule has 5 heteroatoms. The van der Waals surface area contributed by atoms with E-state index in [2.05, 4.69) is 48.3 Å². The summed E-state index contributed by atoms with van der Waals surface area (Å²) in [5.74, 6) is 1.14. The summed E-state index contributed by atoms with van der Waals surface area (Å²) in [5, 5.41) is 3.95. The van der Waals surface area contributed by atoms with Crippen molar-refractivity contribution in [1.29, 1.82) is 0 Å². The number of amides is 1. The lowest BCUT2D eigenvalue weighted by Gasteiger charge is -2.26. The molecule has 1 aliphatic rings. The van der Waals surface area contributed by atoms with Crippen LogP contribution in [0.2, 0.25) is 0 Å².